The number of rotatable bonds is 12. The van der Waals surface area contributed by atoms with Gasteiger partial charge in [0.15, 0.2) is 11.5 Å². The molecule has 0 spiro atoms. The van der Waals surface area contributed by atoms with Crippen LogP contribution in [0, 0.1) is 0 Å². The monoisotopic (exact) mass is 408 g/mol. The molecule has 0 atom stereocenters. The second kappa shape index (κ2) is 11.1. The molecule has 1 aromatic heterocycles. The second-order valence-corrected chi connectivity index (χ2v) is 7.74. The van der Waals surface area contributed by atoms with E-state index in [1.807, 2.05) is 19.9 Å². The van der Waals surface area contributed by atoms with Crippen molar-refractivity contribution in [3.05, 3.63) is 47.5 Å². The SMILES string of the molecule is CCCCc1ccc2[nH]c(-c3ccc(OCC)c(OCC)c3)c(CCCCN)c2c1. The molecule has 2 aromatic carbocycles. The number of hydrogen-bond acceptors (Lipinski definition) is 3. The number of benzene rings is 2. The molecule has 4 nitrogen and oxygen atoms in total. The van der Waals surface area contributed by atoms with Crippen LogP contribution in [0.2, 0.25) is 0 Å². The highest BCUT2D eigenvalue weighted by molar-refractivity contribution is 5.91. The first-order chi connectivity index (χ1) is 14.7. The first-order valence-corrected chi connectivity index (χ1v) is 11.4. The van der Waals surface area contributed by atoms with Crippen molar-refractivity contribution < 1.29 is 9.47 Å². The summed E-state index contributed by atoms with van der Waals surface area (Å²) in [7, 11) is 0. The highest BCUT2D eigenvalue weighted by Gasteiger charge is 2.16. The molecule has 3 rings (SSSR count). The highest BCUT2D eigenvalue weighted by Crippen LogP contribution is 2.37. The molecule has 162 valence electrons. The van der Waals surface area contributed by atoms with Gasteiger partial charge in [0.1, 0.15) is 0 Å². The Balaban J connectivity index is 2.06. The van der Waals surface area contributed by atoms with Crippen molar-refractivity contribution in [2.75, 3.05) is 19.8 Å². The fourth-order valence-corrected chi connectivity index (χ4v) is 3.99. The zero-order valence-corrected chi connectivity index (χ0v) is 18.7. The summed E-state index contributed by atoms with van der Waals surface area (Å²) >= 11 is 0. The summed E-state index contributed by atoms with van der Waals surface area (Å²) < 4.78 is 11.6. The van der Waals surface area contributed by atoms with Gasteiger partial charge in [-0.25, -0.2) is 0 Å². The minimum Gasteiger partial charge on any atom is -0.490 e. The Morgan fingerprint density at radius 1 is 0.833 bits per heavy atom. The van der Waals surface area contributed by atoms with Crippen molar-refractivity contribution >= 4 is 10.9 Å². The number of aromatic amines is 1. The van der Waals surface area contributed by atoms with Crippen LogP contribution in [0.1, 0.15) is 57.6 Å². The van der Waals surface area contributed by atoms with Crippen LogP contribution in [0.15, 0.2) is 36.4 Å². The molecule has 4 heteroatoms. The molecule has 0 fully saturated rings. The normalized spacial score (nSPS) is 11.2. The van der Waals surface area contributed by atoms with Gasteiger partial charge in [-0.05, 0) is 94.0 Å². The van der Waals surface area contributed by atoms with Gasteiger partial charge in [0.2, 0.25) is 0 Å². The number of aromatic nitrogens is 1. The molecule has 0 radical (unpaired) electrons. The van der Waals surface area contributed by atoms with Gasteiger partial charge in [-0.2, -0.15) is 0 Å². The second-order valence-electron chi connectivity index (χ2n) is 7.74. The van der Waals surface area contributed by atoms with Crippen LogP contribution in [-0.4, -0.2) is 24.7 Å². The largest absolute Gasteiger partial charge is 0.490 e. The summed E-state index contributed by atoms with van der Waals surface area (Å²) in [6.45, 7) is 8.20. The van der Waals surface area contributed by atoms with Crippen molar-refractivity contribution in [2.24, 2.45) is 5.73 Å². The predicted molar refractivity (Wildman–Crippen MR) is 127 cm³/mol. The molecule has 0 amide bonds. The van der Waals surface area contributed by atoms with E-state index in [0.29, 0.717) is 13.2 Å². The first-order valence-electron chi connectivity index (χ1n) is 11.4. The zero-order chi connectivity index (χ0) is 21.3. The van der Waals surface area contributed by atoms with E-state index in [0.717, 1.165) is 49.3 Å². The quantitative estimate of drug-likeness (QED) is 0.348. The lowest BCUT2D eigenvalue weighted by atomic mass is 9.98. The number of H-pyrrole nitrogens is 1. The van der Waals surface area contributed by atoms with Crippen molar-refractivity contribution in [2.45, 2.75) is 59.3 Å². The fraction of sp³-hybridized carbons (Fsp3) is 0.462. The maximum Gasteiger partial charge on any atom is 0.161 e. The number of ether oxygens (including phenoxy) is 2. The lowest BCUT2D eigenvalue weighted by molar-refractivity contribution is 0.288. The van der Waals surface area contributed by atoms with Gasteiger partial charge in [0.05, 0.1) is 13.2 Å². The molecule has 30 heavy (non-hydrogen) atoms. The van der Waals surface area contributed by atoms with Gasteiger partial charge >= 0.3 is 0 Å². The van der Waals surface area contributed by atoms with Crippen LogP contribution < -0.4 is 15.2 Å². The van der Waals surface area contributed by atoms with Gasteiger partial charge in [0.25, 0.3) is 0 Å². The average Bonchev–Trinajstić information content (AvgIpc) is 3.12. The molecule has 3 aromatic rings. The van der Waals surface area contributed by atoms with Crippen LogP contribution >= 0.6 is 0 Å². The van der Waals surface area contributed by atoms with Crippen LogP contribution in [0.5, 0.6) is 11.5 Å². The molecule has 0 aliphatic carbocycles. The average molecular weight is 409 g/mol. The Morgan fingerprint density at radius 2 is 1.63 bits per heavy atom. The van der Waals surface area contributed by atoms with Crippen LogP contribution in [0.4, 0.5) is 0 Å². The number of hydrogen-bond donors (Lipinski definition) is 2. The molecular weight excluding hydrogens is 372 g/mol. The number of nitrogens with two attached hydrogens (primary N) is 1. The van der Waals surface area contributed by atoms with Crippen molar-refractivity contribution in [1.82, 2.24) is 4.98 Å². The van der Waals surface area contributed by atoms with Crippen molar-refractivity contribution in [3.63, 3.8) is 0 Å². The van der Waals surface area contributed by atoms with Gasteiger partial charge in [-0.1, -0.05) is 19.4 Å². The molecule has 0 unspecified atom stereocenters. The van der Waals surface area contributed by atoms with E-state index in [1.54, 1.807) is 0 Å². The minimum absolute atomic E-state index is 0.611. The standard InChI is InChI=1S/C26H36N2O2/c1-4-7-10-19-12-14-23-22(17-19)21(11-8-9-16-27)26(28-23)20-13-15-24(29-5-2)25(18-20)30-6-3/h12-15,17-18,28H,4-11,16,27H2,1-3H3. The molecule has 0 saturated carbocycles. The smallest absolute Gasteiger partial charge is 0.161 e. The van der Waals surface area contributed by atoms with E-state index >= 15 is 0 Å². The minimum atomic E-state index is 0.611. The highest BCUT2D eigenvalue weighted by atomic mass is 16.5. The lowest BCUT2D eigenvalue weighted by Gasteiger charge is -2.13. The van der Waals surface area contributed by atoms with Gasteiger partial charge in [0, 0.05) is 22.2 Å². The van der Waals surface area contributed by atoms with E-state index in [-0.39, 0.29) is 0 Å². The summed E-state index contributed by atoms with van der Waals surface area (Å²) in [5, 5.41) is 1.34. The Labute approximate surface area is 180 Å². The van der Waals surface area contributed by atoms with E-state index in [2.05, 4.69) is 42.2 Å². The molecule has 0 saturated heterocycles. The third kappa shape index (κ3) is 5.17. The van der Waals surface area contributed by atoms with Gasteiger partial charge in [-0.15, -0.1) is 0 Å². The Morgan fingerprint density at radius 3 is 2.37 bits per heavy atom. The number of aryl methyl sites for hydroxylation is 2. The molecular formula is C26H36N2O2. The van der Waals surface area contributed by atoms with E-state index in [1.165, 1.54) is 40.6 Å². The number of unbranched alkanes of at least 4 members (excludes halogenated alkanes) is 2. The van der Waals surface area contributed by atoms with Crippen LogP contribution in [0.3, 0.4) is 0 Å². The maximum atomic E-state index is 5.87. The zero-order valence-electron chi connectivity index (χ0n) is 18.7. The number of fused-ring (bicyclic) bond motifs is 1. The fourth-order valence-electron chi connectivity index (χ4n) is 3.99. The predicted octanol–water partition coefficient (Wildman–Crippen LogP) is 6.26. The molecule has 0 bridgehead atoms. The van der Waals surface area contributed by atoms with Gasteiger partial charge < -0.3 is 20.2 Å². The molecule has 3 N–H and O–H groups in total. The Kier molecular flexibility index (Phi) is 8.21. The first kappa shape index (κ1) is 22.2. The molecule has 1 heterocycles. The van der Waals surface area contributed by atoms with E-state index < -0.39 is 0 Å². The van der Waals surface area contributed by atoms with Crippen LogP contribution in [0.25, 0.3) is 22.2 Å². The lowest BCUT2D eigenvalue weighted by Crippen LogP contribution is -2.00. The molecule has 0 aliphatic rings. The van der Waals surface area contributed by atoms with Crippen molar-refractivity contribution in [3.8, 4) is 22.8 Å². The molecule has 0 aliphatic heterocycles. The van der Waals surface area contributed by atoms with Crippen LogP contribution in [-0.2, 0) is 12.8 Å². The summed E-state index contributed by atoms with van der Waals surface area (Å²) in [5.41, 5.74) is 12.1. The Hall–Kier alpha value is -2.46. The summed E-state index contributed by atoms with van der Waals surface area (Å²) in [4.78, 5) is 3.68. The number of nitrogens with one attached hydrogen (secondary N) is 1. The third-order valence-corrected chi connectivity index (χ3v) is 5.50. The summed E-state index contributed by atoms with van der Waals surface area (Å²) in [6.07, 6.45) is 6.71. The van der Waals surface area contributed by atoms with E-state index in [4.69, 9.17) is 15.2 Å². The van der Waals surface area contributed by atoms with Crippen molar-refractivity contribution in [1.29, 1.82) is 0 Å². The maximum absolute atomic E-state index is 5.87. The Bertz CT molecular complexity index is 946. The summed E-state index contributed by atoms with van der Waals surface area (Å²) in [5.74, 6) is 1.60. The van der Waals surface area contributed by atoms with E-state index in [9.17, 15) is 0 Å². The topological polar surface area (TPSA) is 60.3 Å². The summed E-state index contributed by atoms with van der Waals surface area (Å²) in [6, 6.07) is 13.1. The van der Waals surface area contributed by atoms with Gasteiger partial charge in [-0.3, -0.25) is 0 Å². The third-order valence-electron chi connectivity index (χ3n) is 5.50.